The van der Waals surface area contributed by atoms with Crippen LogP contribution in [0.2, 0.25) is 0 Å². The quantitative estimate of drug-likeness (QED) is 0.890. The van der Waals surface area contributed by atoms with Gasteiger partial charge in [0.05, 0.1) is 5.56 Å². The van der Waals surface area contributed by atoms with E-state index in [9.17, 15) is 9.59 Å². The van der Waals surface area contributed by atoms with Crippen LogP contribution in [0.25, 0.3) is 0 Å². The Morgan fingerprint density at radius 1 is 1.25 bits per heavy atom. The Labute approximate surface area is 116 Å². The molecule has 2 rings (SSSR count). The van der Waals surface area contributed by atoms with Gasteiger partial charge in [0.25, 0.3) is 5.91 Å². The summed E-state index contributed by atoms with van der Waals surface area (Å²) in [5.74, 6) is -1.35. The van der Waals surface area contributed by atoms with Crippen LogP contribution in [0.4, 0.5) is 0 Å². The molecule has 1 aromatic heterocycles. The van der Waals surface area contributed by atoms with Crippen LogP contribution in [0.5, 0.6) is 0 Å². The van der Waals surface area contributed by atoms with Gasteiger partial charge in [0.2, 0.25) is 0 Å². The van der Waals surface area contributed by atoms with Gasteiger partial charge in [-0.1, -0.05) is 6.07 Å². The van der Waals surface area contributed by atoms with Crippen LogP contribution < -0.4 is 5.32 Å². The third-order valence-electron chi connectivity index (χ3n) is 2.95. The van der Waals surface area contributed by atoms with Crippen LogP contribution in [0.1, 0.15) is 31.8 Å². The number of benzene rings is 1. The average Bonchev–Trinajstić information content (AvgIpc) is 2.46. The maximum atomic E-state index is 12.0. The molecular formula is C15H14N2O3. The van der Waals surface area contributed by atoms with Crippen molar-refractivity contribution < 1.29 is 14.7 Å². The maximum absolute atomic E-state index is 12.0. The van der Waals surface area contributed by atoms with E-state index in [0.29, 0.717) is 12.1 Å². The van der Waals surface area contributed by atoms with Gasteiger partial charge in [-0.15, -0.1) is 0 Å². The number of carboxylic acid groups (broad SMARTS) is 1. The average molecular weight is 270 g/mol. The van der Waals surface area contributed by atoms with Crippen molar-refractivity contribution in [3.05, 3.63) is 65.0 Å². The fourth-order valence-corrected chi connectivity index (χ4v) is 1.77. The maximum Gasteiger partial charge on any atom is 0.335 e. The van der Waals surface area contributed by atoms with Crippen molar-refractivity contribution in [2.45, 2.75) is 13.5 Å². The standard InChI is InChI=1S/C15H14N2O3/c1-10-8-16-6-5-13(10)9-17-14(18)11-3-2-4-12(7-11)15(19)20/h2-8H,9H2,1H3,(H,17,18)(H,19,20). The van der Waals surface area contributed by atoms with Crippen molar-refractivity contribution >= 4 is 11.9 Å². The first-order valence-corrected chi connectivity index (χ1v) is 6.09. The third kappa shape index (κ3) is 3.20. The number of carbonyl (C=O) groups is 2. The fourth-order valence-electron chi connectivity index (χ4n) is 1.77. The number of aryl methyl sites for hydroxylation is 1. The van der Waals surface area contributed by atoms with E-state index in [1.54, 1.807) is 24.5 Å². The van der Waals surface area contributed by atoms with Gasteiger partial charge < -0.3 is 10.4 Å². The van der Waals surface area contributed by atoms with Crippen LogP contribution in [0.3, 0.4) is 0 Å². The summed E-state index contributed by atoms with van der Waals surface area (Å²) in [6, 6.07) is 7.78. The highest BCUT2D eigenvalue weighted by atomic mass is 16.4. The summed E-state index contributed by atoms with van der Waals surface area (Å²) in [6.45, 7) is 2.30. The second-order valence-corrected chi connectivity index (χ2v) is 4.37. The number of hydrogen-bond donors (Lipinski definition) is 2. The number of nitrogens with zero attached hydrogens (tertiary/aromatic N) is 1. The first-order valence-electron chi connectivity index (χ1n) is 6.09. The molecule has 0 aliphatic heterocycles. The third-order valence-corrected chi connectivity index (χ3v) is 2.95. The summed E-state index contributed by atoms with van der Waals surface area (Å²) in [6.07, 6.45) is 3.39. The van der Waals surface area contributed by atoms with Crippen LogP contribution in [-0.4, -0.2) is 22.0 Å². The first-order chi connectivity index (χ1) is 9.58. The molecule has 2 aromatic rings. The van der Waals surface area contributed by atoms with E-state index >= 15 is 0 Å². The molecule has 1 aromatic carbocycles. The summed E-state index contributed by atoms with van der Waals surface area (Å²) < 4.78 is 0. The molecule has 0 atom stereocenters. The molecular weight excluding hydrogens is 256 g/mol. The highest BCUT2D eigenvalue weighted by Gasteiger charge is 2.09. The van der Waals surface area contributed by atoms with Crippen molar-refractivity contribution in [3.63, 3.8) is 0 Å². The smallest absolute Gasteiger partial charge is 0.335 e. The predicted molar refractivity (Wildman–Crippen MR) is 73.5 cm³/mol. The molecule has 0 fully saturated rings. The summed E-state index contributed by atoms with van der Waals surface area (Å²) >= 11 is 0. The highest BCUT2D eigenvalue weighted by Crippen LogP contribution is 2.07. The zero-order valence-electron chi connectivity index (χ0n) is 11.0. The normalized spacial score (nSPS) is 10.1. The molecule has 0 aliphatic carbocycles. The van der Waals surface area contributed by atoms with Gasteiger partial charge in [0.1, 0.15) is 0 Å². The Morgan fingerprint density at radius 2 is 2.00 bits per heavy atom. The zero-order valence-corrected chi connectivity index (χ0v) is 11.0. The second-order valence-electron chi connectivity index (χ2n) is 4.37. The predicted octanol–water partition coefficient (Wildman–Crippen LogP) is 2.02. The minimum Gasteiger partial charge on any atom is -0.478 e. The Kier molecular flexibility index (Phi) is 4.10. The van der Waals surface area contributed by atoms with E-state index in [1.807, 2.05) is 13.0 Å². The Hall–Kier alpha value is -2.69. The molecule has 0 spiro atoms. The fraction of sp³-hybridized carbons (Fsp3) is 0.133. The number of pyridine rings is 1. The summed E-state index contributed by atoms with van der Waals surface area (Å²) in [5.41, 5.74) is 2.39. The summed E-state index contributed by atoms with van der Waals surface area (Å²) in [4.78, 5) is 26.8. The molecule has 0 unspecified atom stereocenters. The van der Waals surface area contributed by atoms with Crippen molar-refractivity contribution in [1.82, 2.24) is 10.3 Å². The molecule has 2 N–H and O–H groups in total. The lowest BCUT2D eigenvalue weighted by Gasteiger charge is -2.08. The highest BCUT2D eigenvalue weighted by molar-refractivity contribution is 5.97. The van der Waals surface area contributed by atoms with Gasteiger partial charge in [0, 0.05) is 24.5 Å². The Balaban J connectivity index is 2.07. The van der Waals surface area contributed by atoms with E-state index in [1.165, 1.54) is 12.1 Å². The van der Waals surface area contributed by atoms with Gasteiger partial charge in [-0.2, -0.15) is 0 Å². The van der Waals surface area contributed by atoms with E-state index in [2.05, 4.69) is 10.3 Å². The minimum absolute atomic E-state index is 0.0951. The molecule has 1 heterocycles. The number of carboxylic acids is 1. The van der Waals surface area contributed by atoms with Gasteiger partial charge in [0.15, 0.2) is 0 Å². The SMILES string of the molecule is Cc1cnccc1CNC(=O)c1cccc(C(=O)O)c1. The van der Waals surface area contributed by atoms with Gasteiger partial charge >= 0.3 is 5.97 Å². The molecule has 0 radical (unpaired) electrons. The van der Waals surface area contributed by atoms with Crippen LogP contribution in [0.15, 0.2) is 42.7 Å². The first kappa shape index (κ1) is 13.7. The Bertz CT molecular complexity index is 653. The number of amides is 1. The van der Waals surface area contributed by atoms with Crippen molar-refractivity contribution in [2.75, 3.05) is 0 Å². The van der Waals surface area contributed by atoms with Crippen LogP contribution >= 0.6 is 0 Å². The van der Waals surface area contributed by atoms with Crippen LogP contribution in [-0.2, 0) is 6.54 Å². The van der Waals surface area contributed by atoms with E-state index in [4.69, 9.17) is 5.11 Å². The lowest BCUT2D eigenvalue weighted by atomic mass is 10.1. The number of carbonyl (C=O) groups excluding carboxylic acids is 1. The summed E-state index contributed by atoms with van der Waals surface area (Å²) in [5, 5.41) is 11.7. The van der Waals surface area contributed by atoms with E-state index in [0.717, 1.165) is 11.1 Å². The lowest BCUT2D eigenvalue weighted by Crippen LogP contribution is -2.23. The molecule has 1 amide bonds. The Morgan fingerprint density at radius 3 is 2.70 bits per heavy atom. The van der Waals surface area contributed by atoms with Gasteiger partial charge in [-0.25, -0.2) is 4.79 Å². The molecule has 0 bridgehead atoms. The van der Waals surface area contributed by atoms with Gasteiger partial charge in [-0.3, -0.25) is 9.78 Å². The van der Waals surface area contributed by atoms with Crippen molar-refractivity contribution in [3.8, 4) is 0 Å². The number of aromatic carboxylic acids is 1. The molecule has 0 saturated heterocycles. The number of nitrogens with one attached hydrogen (secondary N) is 1. The molecule has 20 heavy (non-hydrogen) atoms. The second kappa shape index (κ2) is 5.97. The van der Waals surface area contributed by atoms with E-state index in [-0.39, 0.29) is 11.5 Å². The zero-order chi connectivity index (χ0) is 14.5. The van der Waals surface area contributed by atoms with Crippen molar-refractivity contribution in [2.24, 2.45) is 0 Å². The monoisotopic (exact) mass is 270 g/mol. The number of rotatable bonds is 4. The topological polar surface area (TPSA) is 79.3 Å². The largest absolute Gasteiger partial charge is 0.478 e. The minimum atomic E-state index is -1.05. The molecule has 102 valence electrons. The van der Waals surface area contributed by atoms with E-state index < -0.39 is 5.97 Å². The molecule has 5 nitrogen and oxygen atoms in total. The molecule has 5 heteroatoms. The lowest BCUT2D eigenvalue weighted by molar-refractivity contribution is 0.0697. The summed E-state index contributed by atoms with van der Waals surface area (Å²) in [7, 11) is 0. The van der Waals surface area contributed by atoms with Crippen molar-refractivity contribution in [1.29, 1.82) is 0 Å². The number of aromatic nitrogens is 1. The van der Waals surface area contributed by atoms with Crippen LogP contribution in [0, 0.1) is 6.92 Å². The molecule has 0 aliphatic rings. The molecule has 0 saturated carbocycles. The number of hydrogen-bond acceptors (Lipinski definition) is 3. The van der Waals surface area contributed by atoms with Gasteiger partial charge in [-0.05, 0) is 42.3 Å².